The zero-order chi connectivity index (χ0) is 14.3. The number of benzene rings is 1. The van der Waals surface area contributed by atoms with Crippen molar-refractivity contribution in [1.82, 2.24) is 10.6 Å². The molecule has 0 unspecified atom stereocenters. The van der Waals surface area contributed by atoms with Crippen molar-refractivity contribution in [3.63, 3.8) is 0 Å². The van der Waals surface area contributed by atoms with Crippen LogP contribution in [-0.4, -0.2) is 30.1 Å². The summed E-state index contributed by atoms with van der Waals surface area (Å²) < 4.78 is 0. The first-order valence-electron chi connectivity index (χ1n) is 6.02. The molecule has 1 aromatic rings. The van der Waals surface area contributed by atoms with E-state index in [1.165, 1.54) is 6.07 Å². The average Bonchev–Trinajstić information content (AvgIpc) is 2.34. The normalized spacial score (nSPS) is 10.1. The molecule has 0 radical (unpaired) electrons. The zero-order valence-electron chi connectivity index (χ0n) is 11.0. The maximum Gasteiger partial charge on any atom is 0.315 e. The van der Waals surface area contributed by atoms with Crippen LogP contribution in [0.15, 0.2) is 24.3 Å². The Bertz CT molecular complexity index is 448. The molecule has 19 heavy (non-hydrogen) atoms. The number of urea groups is 1. The van der Waals surface area contributed by atoms with Crippen LogP contribution in [0.3, 0.4) is 0 Å². The SMILES string of the molecule is CC(C)NC(=O)NCCNc1ccccc1[N+](=O)[O-]. The Morgan fingerprint density at radius 3 is 2.63 bits per heavy atom. The number of para-hydroxylation sites is 2. The molecule has 104 valence electrons. The standard InChI is InChI=1S/C12H18N4O3/c1-9(2)15-12(17)14-8-7-13-10-5-3-4-6-11(10)16(18)19/h3-6,9,13H,7-8H2,1-2H3,(H2,14,15,17). The van der Waals surface area contributed by atoms with Crippen molar-refractivity contribution in [2.75, 3.05) is 18.4 Å². The van der Waals surface area contributed by atoms with E-state index in [4.69, 9.17) is 0 Å². The Balaban J connectivity index is 2.38. The number of anilines is 1. The predicted molar refractivity (Wildman–Crippen MR) is 73.3 cm³/mol. The number of amides is 2. The maximum absolute atomic E-state index is 11.3. The fraction of sp³-hybridized carbons (Fsp3) is 0.417. The van der Waals surface area contributed by atoms with Gasteiger partial charge in [0.1, 0.15) is 5.69 Å². The molecule has 3 N–H and O–H groups in total. The predicted octanol–water partition coefficient (Wildman–Crippen LogP) is 1.71. The molecule has 0 bridgehead atoms. The van der Waals surface area contributed by atoms with Crippen LogP contribution in [0, 0.1) is 10.1 Å². The minimum absolute atomic E-state index is 0.0223. The van der Waals surface area contributed by atoms with E-state index in [0.29, 0.717) is 18.8 Å². The van der Waals surface area contributed by atoms with E-state index in [1.54, 1.807) is 18.2 Å². The number of hydrogen-bond donors (Lipinski definition) is 3. The summed E-state index contributed by atoms with van der Waals surface area (Å²) in [6, 6.07) is 6.21. The second-order valence-electron chi connectivity index (χ2n) is 4.26. The summed E-state index contributed by atoms with van der Waals surface area (Å²) in [5.41, 5.74) is 0.465. The van der Waals surface area contributed by atoms with E-state index in [0.717, 1.165) is 0 Å². The van der Waals surface area contributed by atoms with Gasteiger partial charge in [0.15, 0.2) is 0 Å². The molecule has 0 saturated carbocycles. The van der Waals surface area contributed by atoms with Gasteiger partial charge < -0.3 is 16.0 Å². The van der Waals surface area contributed by atoms with Crippen LogP contribution in [0.25, 0.3) is 0 Å². The minimum atomic E-state index is -0.443. The Hall–Kier alpha value is -2.31. The molecule has 7 nitrogen and oxygen atoms in total. The third kappa shape index (κ3) is 5.24. The van der Waals surface area contributed by atoms with Gasteiger partial charge in [-0.3, -0.25) is 10.1 Å². The Labute approximate surface area is 111 Å². The Kier molecular flexibility index (Phi) is 5.59. The highest BCUT2D eigenvalue weighted by molar-refractivity contribution is 5.74. The molecule has 0 spiro atoms. The summed E-state index contributed by atoms with van der Waals surface area (Å²) >= 11 is 0. The smallest absolute Gasteiger partial charge is 0.315 e. The van der Waals surface area contributed by atoms with Gasteiger partial charge in [-0.05, 0) is 19.9 Å². The van der Waals surface area contributed by atoms with Crippen LogP contribution in [-0.2, 0) is 0 Å². The fourth-order valence-corrected chi connectivity index (χ4v) is 1.47. The molecule has 1 rings (SSSR count). The minimum Gasteiger partial charge on any atom is -0.378 e. The Morgan fingerprint density at radius 1 is 1.32 bits per heavy atom. The number of carbonyl (C=O) groups excluding carboxylic acids is 1. The van der Waals surface area contributed by atoms with Crippen molar-refractivity contribution in [3.05, 3.63) is 34.4 Å². The quantitative estimate of drug-likeness (QED) is 0.415. The van der Waals surface area contributed by atoms with E-state index in [1.807, 2.05) is 13.8 Å². The first-order valence-corrected chi connectivity index (χ1v) is 6.02. The lowest BCUT2D eigenvalue weighted by molar-refractivity contribution is -0.384. The van der Waals surface area contributed by atoms with E-state index in [9.17, 15) is 14.9 Å². The molecular weight excluding hydrogens is 248 g/mol. The van der Waals surface area contributed by atoms with Crippen molar-refractivity contribution in [2.45, 2.75) is 19.9 Å². The van der Waals surface area contributed by atoms with Crippen molar-refractivity contribution >= 4 is 17.4 Å². The topological polar surface area (TPSA) is 96.3 Å². The van der Waals surface area contributed by atoms with Gasteiger partial charge in [0.25, 0.3) is 5.69 Å². The molecule has 0 aliphatic carbocycles. The highest BCUT2D eigenvalue weighted by Gasteiger charge is 2.11. The van der Waals surface area contributed by atoms with Crippen LogP contribution in [0.4, 0.5) is 16.2 Å². The van der Waals surface area contributed by atoms with E-state index in [-0.39, 0.29) is 17.8 Å². The lowest BCUT2D eigenvalue weighted by atomic mass is 10.2. The van der Waals surface area contributed by atoms with E-state index >= 15 is 0 Å². The molecular formula is C12H18N4O3. The van der Waals surface area contributed by atoms with Crippen molar-refractivity contribution in [3.8, 4) is 0 Å². The van der Waals surface area contributed by atoms with Gasteiger partial charge in [-0.2, -0.15) is 0 Å². The van der Waals surface area contributed by atoms with Gasteiger partial charge in [-0.15, -0.1) is 0 Å². The van der Waals surface area contributed by atoms with Gasteiger partial charge in [-0.25, -0.2) is 4.79 Å². The van der Waals surface area contributed by atoms with Crippen LogP contribution in [0.5, 0.6) is 0 Å². The molecule has 0 fully saturated rings. The monoisotopic (exact) mass is 266 g/mol. The van der Waals surface area contributed by atoms with Gasteiger partial charge in [0.2, 0.25) is 0 Å². The first-order chi connectivity index (χ1) is 9.00. The summed E-state index contributed by atoms with van der Waals surface area (Å²) in [4.78, 5) is 21.6. The third-order valence-electron chi connectivity index (χ3n) is 2.25. The highest BCUT2D eigenvalue weighted by atomic mass is 16.6. The molecule has 0 aliphatic heterocycles. The lowest BCUT2D eigenvalue weighted by Gasteiger charge is -2.11. The van der Waals surface area contributed by atoms with Crippen molar-refractivity contribution in [1.29, 1.82) is 0 Å². The zero-order valence-corrected chi connectivity index (χ0v) is 11.0. The summed E-state index contributed by atoms with van der Waals surface area (Å²) in [5, 5.41) is 19.0. The molecule has 0 aliphatic rings. The van der Waals surface area contributed by atoms with Crippen LogP contribution < -0.4 is 16.0 Å². The summed E-state index contributed by atoms with van der Waals surface area (Å²) in [6.45, 7) is 4.53. The number of carbonyl (C=O) groups is 1. The second kappa shape index (κ2) is 7.20. The first kappa shape index (κ1) is 14.7. The number of rotatable bonds is 6. The number of nitro groups is 1. The highest BCUT2D eigenvalue weighted by Crippen LogP contribution is 2.22. The third-order valence-corrected chi connectivity index (χ3v) is 2.25. The van der Waals surface area contributed by atoms with Gasteiger partial charge in [0, 0.05) is 25.2 Å². The van der Waals surface area contributed by atoms with Gasteiger partial charge in [-0.1, -0.05) is 12.1 Å². The van der Waals surface area contributed by atoms with E-state index < -0.39 is 4.92 Å². The van der Waals surface area contributed by atoms with Crippen molar-refractivity contribution in [2.24, 2.45) is 0 Å². The van der Waals surface area contributed by atoms with Crippen LogP contribution >= 0.6 is 0 Å². The summed E-state index contributed by atoms with van der Waals surface area (Å²) in [5.74, 6) is 0. The molecule has 7 heteroatoms. The molecule has 0 saturated heterocycles. The summed E-state index contributed by atoms with van der Waals surface area (Å²) in [6.07, 6.45) is 0. The number of nitrogens with one attached hydrogen (secondary N) is 3. The maximum atomic E-state index is 11.3. The summed E-state index contributed by atoms with van der Waals surface area (Å²) in [7, 11) is 0. The second-order valence-corrected chi connectivity index (χ2v) is 4.26. The van der Waals surface area contributed by atoms with Crippen LogP contribution in [0.1, 0.15) is 13.8 Å². The fourth-order valence-electron chi connectivity index (χ4n) is 1.47. The molecule has 0 aromatic heterocycles. The van der Waals surface area contributed by atoms with Gasteiger partial charge in [0.05, 0.1) is 4.92 Å². The molecule has 1 aromatic carbocycles. The van der Waals surface area contributed by atoms with E-state index in [2.05, 4.69) is 16.0 Å². The molecule has 0 heterocycles. The number of nitrogens with zero attached hydrogens (tertiary/aromatic N) is 1. The number of nitro benzene ring substituents is 1. The Morgan fingerprint density at radius 2 is 2.00 bits per heavy atom. The molecule has 0 atom stereocenters. The number of hydrogen-bond acceptors (Lipinski definition) is 4. The van der Waals surface area contributed by atoms with Gasteiger partial charge >= 0.3 is 6.03 Å². The molecule has 2 amide bonds. The van der Waals surface area contributed by atoms with Crippen LogP contribution in [0.2, 0.25) is 0 Å². The lowest BCUT2D eigenvalue weighted by Crippen LogP contribution is -2.41. The average molecular weight is 266 g/mol. The van der Waals surface area contributed by atoms with Crippen molar-refractivity contribution < 1.29 is 9.72 Å². The largest absolute Gasteiger partial charge is 0.378 e.